The van der Waals surface area contributed by atoms with Crippen LogP contribution in [0.4, 0.5) is 10.5 Å². The van der Waals surface area contributed by atoms with Gasteiger partial charge in [0.05, 0.1) is 6.61 Å². The predicted octanol–water partition coefficient (Wildman–Crippen LogP) is 2.06. The van der Waals surface area contributed by atoms with Crippen molar-refractivity contribution in [1.29, 1.82) is 0 Å². The molecule has 2 N–H and O–H groups in total. The maximum Gasteiger partial charge on any atom is 0.322 e. The van der Waals surface area contributed by atoms with Gasteiger partial charge in [-0.1, -0.05) is 12.1 Å². The van der Waals surface area contributed by atoms with Crippen LogP contribution in [0.2, 0.25) is 0 Å². The van der Waals surface area contributed by atoms with Gasteiger partial charge in [-0.2, -0.15) is 0 Å². The molecule has 0 aliphatic heterocycles. The summed E-state index contributed by atoms with van der Waals surface area (Å²) >= 11 is 0. The van der Waals surface area contributed by atoms with E-state index in [2.05, 4.69) is 22.1 Å². The number of hydrogen-bond donors (Lipinski definition) is 2. The van der Waals surface area contributed by atoms with E-state index in [-0.39, 0.29) is 19.2 Å². The Bertz CT molecular complexity index is 640. The van der Waals surface area contributed by atoms with E-state index in [0.29, 0.717) is 18.1 Å². The van der Waals surface area contributed by atoms with Gasteiger partial charge in [0, 0.05) is 24.3 Å². The second-order valence-electron chi connectivity index (χ2n) is 4.66. The number of aliphatic hydroxyl groups is 1. The maximum absolute atomic E-state index is 12.2. The van der Waals surface area contributed by atoms with Gasteiger partial charge in [0.25, 0.3) is 0 Å². The molecule has 116 valence electrons. The molecule has 1 aromatic carbocycles. The number of nitrogens with one attached hydrogen (secondary N) is 1. The number of anilines is 1. The number of aliphatic hydroxyl groups excluding tert-OH is 1. The minimum absolute atomic E-state index is 0.109. The number of amides is 2. The quantitative estimate of drug-likeness (QED) is 0.797. The van der Waals surface area contributed by atoms with E-state index >= 15 is 0 Å². The molecule has 2 rings (SSSR count). The lowest BCUT2D eigenvalue weighted by molar-refractivity contribution is 0.195. The fourth-order valence-corrected chi connectivity index (χ4v) is 1.94. The van der Waals surface area contributed by atoms with E-state index in [1.807, 2.05) is 19.1 Å². The van der Waals surface area contributed by atoms with Crippen LogP contribution in [-0.4, -0.2) is 45.9 Å². The number of urea groups is 1. The maximum atomic E-state index is 12.2. The molecule has 1 aromatic heterocycles. The minimum atomic E-state index is -0.306. The van der Waals surface area contributed by atoms with E-state index in [4.69, 9.17) is 9.52 Å². The molecule has 7 nitrogen and oxygen atoms in total. The highest BCUT2D eigenvalue weighted by Crippen LogP contribution is 2.24. The topological polar surface area (TPSA) is 91.5 Å². The van der Waals surface area contributed by atoms with Crippen LogP contribution >= 0.6 is 0 Å². The highest BCUT2D eigenvalue weighted by atomic mass is 16.4. The average Bonchev–Trinajstić information content (AvgIpc) is 3.03. The summed E-state index contributed by atoms with van der Waals surface area (Å²) in [6.07, 6.45) is 2.86. The zero-order valence-corrected chi connectivity index (χ0v) is 12.3. The Hall–Kier alpha value is -2.67. The van der Waals surface area contributed by atoms with Crippen molar-refractivity contribution in [3.05, 3.63) is 42.8 Å². The molecule has 2 aromatic rings. The van der Waals surface area contributed by atoms with E-state index in [1.165, 1.54) is 11.3 Å². The van der Waals surface area contributed by atoms with Crippen molar-refractivity contribution in [2.24, 2.45) is 0 Å². The number of carbonyl (C=O) groups excluding carboxylic acids is 1. The van der Waals surface area contributed by atoms with Gasteiger partial charge in [0.15, 0.2) is 0 Å². The van der Waals surface area contributed by atoms with Gasteiger partial charge in [-0.3, -0.25) is 0 Å². The molecule has 22 heavy (non-hydrogen) atoms. The molecule has 0 aliphatic carbocycles. The molecule has 0 saturated carbocycles. The van der Waals surface area contributed by atoms with Crippen LogP contribution < -0.4 is 5.32 Å². The number of nitrogens with zero attached hydrogens (tertiary/aromatic N) is 3. The third-order valence-electron chi connectivity index (χ3n) is 3.09. The molecular formula is C15H18N4O3. The van der Waals surface area contributed by atoms with E-state index in [0.717, 1.165) is 11.1 Å². The van der Waals surface area contributed by atoms with Crippen LogP contribution in [0.3, 0.4) is 0 Å². The molecule has 2 amide bonds. The lowest BCUT2D eigenvalue weighted by Crippen LogP contribution is -2.37. The van der Waals surface area contributed by atoms with Gasteiger partial charge < -0.3 is 19.7 Å². The van der Waals surface area contributed by atoms with Crippen molar-refractivity contribution in [3.8, 4) is 11.5 Å². The number of aromatic nitrogens is 2. The number of rotatable bonds is 6. The van der Waals surface area contributed by atoms with E-state index < -0.39 is 0 Å². The summed E-state index contributed by atoms with van der Waals surface area (Å²) in [7, 11) is 0. The van der Waals surface area contributed by atoms with Gasteiger partial charge >= 0.3 is 6.03 Å². The normalized spacial score (nSPS) is 10.3. The van der Waals surface area contributed by atoms with Crippen molar-refractivity contribution < 1.29 is 14.3 Å². The molecule has 0 radical (unpaired) electrons. The zero-order valence-electron chi connectivity index (χ0n) is 12.3. The highest BCUT2D eigenvalue weighted by molar-refractivity contribution is 5.91. The summed E-state index contributed by atoms with van der Waals surface area (Å²) in [6, 6.07) is 5.16. The van der Waals surface area contributed by atoms with Crippen LogP contribution in [0.1, 0.15) is 5.56 Å². The Balaban J connectivity index is 2.19. The first kappa shape index (κ1) is 15.7. The first-order valence-corrected chi connectivity index (χ1v) is 6.80. The summed E-state index contributed by atoms with van der Waals surface area (Å²) in [5.74, 6) is 0.383. The first-order chi connectivity index (χ1) is 10.7. The third-order valence-corrected chi connectivity index (χ3v) is 3.09. The standard InChI is InChI=1S/C15H18N4O3/c1-3-6-19(7-8-20)15(21)17-13-9-12(5-4-11(13)2)14-18-16-10-22-14/h3-5,9-10,20H,1,6-8H2,2H3,(H,17,21). The zero-order chi connectivity index (χ0) is 15.9. The molecule has 0 spiro atoms. The summed E-state index contributed by atoms with van der Waals surface area (Å²) in [5.41, 5.74) is 2.27. The summed E-state index contributed by atoms with van der Waals surface area (Å²) in [4.78, 5) is 13.7. The van der Waals surface area contributed by atoms with Gasteiger partial charge in [0.2, 0.25) is 12.3 Å². The number of hydrogen-bond acceptors (Lipinski definition) is 5. The molecule has 0 aliphatic rings. The second-order valence-corrected chi connectivity index (χ2v) is 4.66. The molecular weight excluding hydrogens is 284 g/mol. The molecule has 0 saturated heterocycles. The Labute approximate surface area is 128 Å². The molecule has 1 heterocycles. The van der Waals surface area contributed by atoms with Crippen molar-refractivity contribution >= 4 is 11.7 Å². The smallest absolute Gasteiger partial charge is 0.322 e. The summed E-state index contributed by atoms with van der Waals surface area (Å²) < 4.78 is 5.15. The monoisotopic (exact) mass is 302 g/mol. The lowest BCUT2D eigenvalue weighted by Gasteiger charge is -2.21. The number of aryl methyl sites for hydroxylation is 1. The van der Waals surface area contributed by atoms with Gasteiger partial charge in [-0.25, -0.2) is 4.79 Å². The first-order valence-electron chi connectivity index (χ1n) is 6.80. The fourth-order valence-electron chi connectivity index (χ4n) is 1.94. The fraction of sp³-hybridized carbons (Fsp3) is 0.267. The second kappa shape index (κ2) is 7.37. The Morgan fingerprint density at radius 2 is 2.36 bits per heavy atom. The highest BCUT2D eigenvalue weighted by Gasteiger charge is 2.14. The molecule has 0 atom stereocenters. The van der Waals surface area contributed by atoms with Crippen molar-refractivity contribution in [1.82, 2.24) is 15.1 Å². The van der Waals surface area contributed by atoms with E-state index in [9.17, 15) is 4.79 Å². The Morgan fingerprint density at radius 3 is 3.00 bits per heavy atom. The molecule has 7 heteroatoms. The average molecular weight is 302 g/mol. The van der Waals surface area contributed by atoms with Crippen molar-refractivity contribution in [2.45, 2.75) is 6.92 Å². The number of benzene rings is 1. The third kappa shape index (κ3) is 3.70. The van der Waals surface area contributed by atoms with Crippen LogP contribution in [0.25, 0.3) is 11.5 Å². The Morgan fingerprint density at radius 1 is 1.55 bits per heavy atom. The largest absolute Gasteiger partial charge is 0.423 e. The van der Waals surface area contributed by atoms with Crippen LogP contribution in [0.5, 0.6) is 0 Å². The lowest BCUT2D eigenvalue weighted by atomic mass is 10.1. The van der Waals surface area contributed by atoms with Crippen molar-refractivity contribution in [3.63, 3.8) is 0 Å². The summed E-state index contributed by atoms with van der Waals surface area (Å²) in [5, 5.41) is 19.3. The molecule has 0 fully saturated rings. The minimum Gasteiger partial charge on any atom is -0.423 e. The van der Waals surface area contributed by atoms with Gasteiger partial charge in [-0.05, 0) is 24.6 Å². The van der Waals surface area contributed by atoms with Crippen molar-refractivity contribution in [2.75, 3.05) is 25.0 Å². The van der Waals surface area contributed by atoms with E-state index in [1.54, 1.807) is 12.1 Å². The van der Waals surface area contributed by atoms with Crippen LogP contribution in [0, 0.1) is 6.92 Å². The SMILES string of the molecule is C=CCN(CCO)C(=O)Nc1cc(-c2nnco2)ccc1C. The summed E-state index contributed by atoms with van der Waals surface area (Å²) in [6.45, 7) is 5.98. The predicted molar refractivity (Wildman–Crippen MR) is 82.3 cm³/mol. The Kier molecular flexibility index (Phi) is 5.26. The van der Waals surface area contributed by atoms with Gasteiger partial charge in [-0.15, -0.1) is 16.8 Å². The van der Waals surface area contributed by atoms with Crippen LogP contribution in [0.15, 0.2) is 41.7 Å². The molecule has 0 unspecified atom stereocenters. The molecule has 0 bridgehead atoms. The van der Waals surface area contributed by atoms with Gasteiger partial charge in [0.1, 0.15) is 0 Å². The number of carbonyl (C=O) groups is 1. The van der Waals surface area contributed by atoms with Crippen LogP contribution in [-0.2, 0) is 0 Å².